The first-order valence-electron chi connectivity index (χ1n) is 6.14. The first-order chi connectivity index (χ1) is 9.06. The monoisotopic (exact) mass is 258 g/mol. The van der Waals surface area contributed by atoms with Crippen molar-refractivity contribution in [2.45, 2.75) is 20.4 Å². The van der Waals surface area contributed by atoms with Crippen molar-refractivity contribution in [1.29, 1.82) is 0 Å². The number of benzene rings is 1. The van der Waals surface area contributed by atoms with Gasteiger partial charge in [0.25, 0.3) is 0 Å². The maximum absolute atomic E-state index is 11.1. The molecule has 0 bridgehead atoms. The van der Waals surface area contributed by atoms with Crippen LogP contribution >= 0.6 is 0 Å². The van der Waals surface area contributed by atoms with Gasteiger partial charge in [-0.05, 0) is 24.6 Å². The van der Waals surface area contributed by atoms with Crippen molar-refractivity contribution in [2.75, 3.05) is 10.6 Å². The first-order valence-corrected chi connectivity index (χ1v) is 6.14. The molecule has 0 aliphatic heterocycles. The molecule has 0 saturated heterocycles. The summed E-state index contributed by atoms with van der Waals surface area (Å²) in [5.74, 6) is 0.894. The van der Waals surface area contributed by atoms with Gasteiger partial charge < -0.3 is 15.2 Å². The minimum absolute atomic E-state index is 0.0654. The lowest BCUT2D eigenvalue weighted by atomic mass is 10.1. The summed E-state index contributed by atoms with van der Waals surface area (Å²) in [6, 6.07) is 5.90. The second kappa shape index (κ2) is 5.56. The summed E-state index contributed by atoms with van der Waals surface area (Å²) in [5, 5.41) is 6.11. The van der Waals surface area contributed by atoms with E-state index >= 15 is 0 Å². The molecule has 0 spiro atoms. The molecule has 2 rings (SSSR count). The van der Waals surface area contributed by atoms with Crippen LogP contribution in [0.4, 0.5) is 11.4 Å². The molecule has 0 saturated carbocycles. The molecule has 1 amide bonds. The second-order valence-electron chi connectivity index (χ2n) is 4.52. The fourth-order valence-corrected chi connectivity index (χ4v) is 1.80. The molecule has 0 aliphatic rings. The van der Waals surface area contributed by atoms with E-state index in [1.807, 2.05) is 42.9 Å². The number of anilines is 2. The van der Waals surface area contributed by atoms with Crippen molar-refractivity contribution >= 4 is 17.3 Å². The van der Waals surface area contributed by atoms with Crippen LogP contribution in [0.1, 0.15) is 18.3 Å². The molecule has 0 atom stereocenters. The van der Waals surface area contributed by atoms with Gasteiger partial charge >= 0.3 is 0 Å². The van der Waals surface area contributed by atoms with E-state index in [1.165, 1.54) is 6.92 Å². The number of nitrogens with zero attached hydrogens (tertiary/aromatic N) is 2. The number of rotatable bonds is 4. The van der Waals surface area contributed by atoms with Crippen LogP contribution in [-0.2, 0) is 18.4 Å². The lowest BCUT2D eigenvalue weighted by Gasteiger charge is -2.11. The van der Waals surface area contributed by atoms with Crippen LogP contribution in [0.5, 0.6) is 0 Å². The van der Waals surface area contributed by atoms with E-state index in [2.05, 4.69) is 15.6 Å². The van der Waals surface area contributed by atoms with Crippen molar-refractivity contribution in [3.63, 3.8) is 0 Å². The van der Waals surface area contributed by atoms with Crippen molar-refractivity contribution < 1.29 is 4.79 Å². The van der Waals surface area contributed by atoms with Gasteiger partial charge in [-0.2, -0.15) is 0 Å². The first kappa shape index (κ1) is 13.1. The SMILES string of the molecule is CC(=O)Nc1cc(NCc2nccn2C)ccc1C. The Bertz CT molecular complexity index is 589. The van der Waals surface area contributed by atoms with Crippen molar-refractivity contribution in [1.82, 2.24) is 9.55 Å². The molecule has 2 aromatic rings. The zero-order valence-electron chi connectivity index (χ0n) is 11.4. The normalized spacial score (nSPS) is 10.3. The molecule has 5 heteroatoms. The maximum Gasteiger partial charge on any atom is 0.221 e. The van der Waals surface area contributed by atoms with Gasteiger partial charge in [-0.1, -0.05) is 6.07 Å². The average molecular weight is 258 g/mol. The standard InChI is InChI=1S/C14H18N4O/c1-10-4-5-12(8-13(10)17-11(2)19)16-9-14-15-6-7-18(14)3/h4-8,16H,9H2,1-3H3,(H,17,19). The maximum atomic E-state index is 11.1. The van der Waals surface area contributed by atoms with Gasteiger partial charge in [0.2, 0.25) is 5.91 Å². The van der Waals surface area contributed by atoms with E-state index in [-0.39, 0.29) is 5.91 Å². The summed E-state index contributed by atoms with van der Waals surface area (Å²) in [7, 11) is 1.96. The Balaban J connectivity index is 2.08. The zero-order chi connectivity index (χ0) is 13.8. The summed E-state index contributed by atoms with van der Waals surface area (Å²) < 4.78 is 1.97. The molecule has 5 nitrogen and oxygen atoms in total. The third-order valence-electron chi connectivity index (χ3n) is 2.92. The van der Waals surface area contributed by atoms with Crippen LogP contribution in [0.3, 0.4) is 0 Å². The second-order valence-corrected chi connectivity index (χ2v) is 4.52. The van der Waals surface area contributed by atoms with Gasteiger partial charge in [0.15, 0.2) is 0 Å². The van der Waals surface area contributed by atoms with Crippen LogP contribution in [0.2, 0.25) is 0 Å². The summed E-state index contributed by atoms with van der Waals surface area (Å²) in [5.41, 5.74) is 2.83. The van der Waals surface area contributed by atoms with Crippen LogP contribution in [0.25, 0.3) is 0 Å². The smallest absolute Gasteiger partial charge is 0.221 e. The highest BCUT2D eigenvalue weighted by molar-refractivity contribution is 5.90. The lowest BCUT2D eigenvalue weighted by molar-refractivity contribution is -0.114. The predicted molar refractivity (Wildman–Crippen MR) is 76.0 cm³/mol. The minimum atomic E-state index is -0.0654. The molecule has 19 heavy (non-hydrogen) atoms. The van der Waals surface area contributed by atoms with Crippen LogP contribution < -0.4 is 10.6 Å². The number of carbonyl (C=O) groups is 1. The van der Waals surface area contributed by atoms with Crippen molar-refractivity contribution in [2.24, 2.45) is 7.05 Å². The highest BCUT2D eigenvalue weighted by Gasteiger charge is 2.03. The molecule has 1 heterocycles. The average Bonchev–Trinajstić information content (AvgIpc) is 2.75. The van der Waals surface area contributed by atoms with Gasteiger partial charge in [-0.3, -0.25) is 4.79 Å². The molecule has 0 aliphatic carbocycles. The van der Waals surface area contributed by atoms with Gasteiger partial charge in [0, 0.05) is 37.7 Å². The summed E-state index contributed by atoms with van der Waals surface area (Å²) >= 11 is 0. The Labute approximate surface area is 112 Å². The van der Waals surface area contributed by atoms with Crippen LogP contribution in [0, 0.1) is 6.92 Å². The molecule has 1 aromatic heterocycles. The highest BCUT2D eigenvalue weighted by atomic mass is 16.1. The molecular formula is C14H18N4O. The Hall–Kier alpha value is -2.30. The number of aryl methyl sites for hydroxylation is 2. The topological polar surface area (TPSA) is 59.0 Å². The number of carbonyl (C=O) groups excluding carboxylic acids is 1. The quantitative estimate of drug-likeness (QED) is 0.884. The number of hydrogen-bond acceptors (Lipinski definition) is 3. The number of hydrogen-bond donors (Lipinski definition) is 2. The lowest BCUT2D eigenvalue weighted by Crippen LogP contribution is -2.09. The third kappa shape index (κ3) is 3.34. The number of nitrogens with one attached hydrogen (secondary N) is 2. The Morgan fingerprint density at radius 3 is 2.84 bits per heavy atom. The van der Waals surface area contributed by atoms with Gasteiger partial charge in [-0.15, -0.1) is 0 Å². The minimum Gasteiger partial charge on any atom is -0.378 e. The summed E-state index contributed by atoms with van der Waals surface area (Å²) in [6.07, 6.45) is 3.68. The molecule has 0 radical (unpaired) electrons. The van der Waals surface area contributed by atoms with Gasteiger partial charge in [0.1, 0.15) is 5.82 Å². The summed E-state index contributed by atoms with van der Waals surface area (Å²) in [6.45, 7) is 4.12. The van der Waals surface area contributed by atoms with Crippen LogP contribution in [-0.4, -0.2) is 15.5 Å². The molecule has 100 valence electrons. The molecule has 2 N–H and O–H groups in total. The third-order valence-corrected chi connectivity index (χ3v) is 2.92. The van der Waals surface area contributed by atoms with E-state index in [1.54, 1.807) is 6.20 Å². The van der Waals surface area contributed by atoms with Crippen LogP contribution in [0.15, 0.2) is 30.6 Å². The van der Waals surface area contributed by atoms with Gasteiger partial charge in [-0.25, -0.2) is 4.98 Å². The van der Waals surface area contributed by atoms with Crippen molar-refractivity contribution in [3.05, 3.63) is 42.0 Å². The van der Waals surface area contributed by atoms with E-state index in [9.17, 15) is 4.79 Å². The molecule has 1 aromatic carbocycles. The Morgan fingerprint density at radius 2 is 2.21 bits per heavy atom. The fourth-order valence-electron chi connectivity index (χ4n) is 1.80. The Morgan fingerprint density at radius 1 is 1.42 bits per heavy atom. The zero-order valence-corrected chi connectivity index (χ0v) is 11.4. The highest BCUT2D eigenvalue weighted by Crippen LogP contribution is 2.20. The van der Waals surface area contributed by atoms with E-state index in [0.717, 1.165) is 22.8 Å². The van der Waals surface area contributed by atoms with E-state index in [4.69, 9.17) is 0 Å². The predicted octanol–water partition coefficient (Wildman–Crippen LogP) is 2.30. The number of imidazole rings is 1. The van der Waals surface area contributed by atoms with E-state index in [0.29, 0.717) is 6.54 Å². The van der Waals surface area contributed by atoms with E-state index < -0.39 is 0 Å². The Kier molecular flexibility index (Phi) is 3.85. The molecule has 0 unspecified atom stereocenters. The van der Waals surface area contributed by atoms with Gasteiger partial charge in [0.05, 0.1) is 6.54 Å². The molecule has 0 fully saturated rings. The number of amides is 1. The molecular weight excluding hydrogens is 240 g/mol. The summed E-state index contributed by atoms with van der Waals surface area (Å²) in [4.78, 5) is 15.4. The fraction of sp³-hybridized carbons (Fsp3) is 0.286. The largest absolute Gasteiger partial charge is 0.378 e. The van der Waals surface area contributed by atoms with Crippen molar-refractivity contribution in [3.8, 4) is 0 Å². The number of aromatic nitrogens is 2.